The fourth-order valence-corrected chi connectivity index (χ4v) is 1.63. The van der Waals surface area contributed by atoms with Gasteiger partial charge < -0.3 is 10.8 Å². The Labute approximate surface area is 80.5 Å². The van der Waals surface area contributed by atoms with Crippen molar-refractivity contribution in [3.63, 3.8) is 0 Å². The molecule has 3 heteroatoms. The normalized spacial score (nSPS) is 10.2. The number of hydrogen-bond donors (Lipinski definition) is 2. The van der Waals surface area contributed by atoms with Gasteiger partial charge in [-0.3, -0.25) is 0 Å². The van der Waals surface area contributed by atoms with E-state index in [1.165, 1.54) is 5.56 Å². The van der Waals surface area contributed by atoms with Crippen molar-refractivity contribution in [2.75, 3.05) is 0 Å². The van der Waals surface area contributed by atoms with Crippen LogP contribution in [0, 0.1) is 0 Å². The first-order valence-corrected chi connectivity index (χ1v) is 4.68. The van der Waals surface area contributed by atoms with E-state index in [0.717, 1.165) is 16.5 Å². The average molecular weight is 230 g/mol. The van der Waals surface area contributed by atoms with Crippen LogP contribution in [0.5, 0.6) is 5.75 Å². The highest BCUT2D eigenvalue weighted by molar-refractivity contribution is 9.10. The molecule has 1 aromatic carbocycles. The number of nitrogens with two attached hydrogens (primary N) is 1. The minimum absolute atomic E-state index is 0.259. The van der Waals surface area contributed by atoms with Crippen LogP contribution in [0.2, 0.25) is 0 Å². The van der Waals surface area contributed by atoms with Crippen molar-refractivity contribution < 1.29 is 5.11 Å². The lowest BCUT2D eigenvalue weighted by molar-refractivity contribution is 0.464. The first-order chi connectivity index (χ1) is 5.69. The Bertz CT molecular complexity index is 286. The molecule has 0 aliphatic heterocycles. The summed E-state index contributed by atoms with van der Waals surface area (Å²) in [4.78, 5) is 0. The molecule has 0 unspecified atom stereocenters. The molecule has 0 heterocycles. The Balaban J connectivity index is 3.19. The lowest BCUT2D eigenvalue weighted by Gasteiger charge is -2.06. The average Bonchev–Trinajstić information content (AvgIpc) is 2.09. The van der Waals surface area contributed by atoms with Crippen molar-refractivity contribution in [2.45, 2.75) is 19.9 Å². The molecular weight excluding hydrogens is 218 g/mol. The van der Waals surface area contributed by atoms with Crippen LogP contribution in [-0.4, -0.2) is 5.11 Å². The van der Waals surface area contributed by atoms with Crippen molar-refractivity contribution in [3.8, 4) is 5.75 Å². The van der Waals surface area contributed by atoms with E-state index in [9.17, 15) is 5.11 Å². The van der Waals surface area contributed by atoms with E-state index in [2.05, 4.69) is 22.9 Å². The molecule has 0 saturated heterocycles. The van der Waals surface area contributed by atoms with Gasteiger partial charge in [0, 0.05) is 12.1 Å². The maximum Gasteiger partial charge on any atom is 0.134 e. The third-order valence-corrected chi connectivity index (χ3v) is 2.43. The highest BCUT2D eigenvalue weighted by atomic mass is 79.9. The Kier molecular flexibility index (Phi) is 3.12. The molecule has 0 radical (unpaired) electrons. The number of benzene rings is 1. The summed E-state index contributed by atoms with van der Waals surface area (Å²) in [6, 6.07) is 3.84. The van der Waals surface area contributed by atoms with Crippen LogP contribution in [0.1, 0.15) is 18.1 Å². The van der Waals surface area contributed by atoms with Crippen LogP contribution >= 0.6 is 15.9 Å². The fraction of sp³-hybridized carbons (Fsp3) is 0.333. The second kappa shape index (κ2) is 3.92. The zero-order valence-electron chi connectivity index (χ0n) is 6.97. The van der Waals surface area contributed by atoms with Crippen LogP contribution < -0.4 is 5.73 Å². The third kappa shape index (κ3) is 1.79. The standard InChI is InChI=1S/C9H12BrNO/c1-2-6-3-7(5-11)9(12)8(10)4-6/h3-4,12H,2,5,11H2,1H3. The second-order valence-corrected chi connectivity index (χ2v) is 3.50. The third-order valence-electron chi connectivity index (χ3n) is 1.83. The van der Waals surface area contributed by atoms with E-state index in [4.69, 9.17) is 5.73 Å². The summed E-state index contributed by atoms with van der Waals surface area (Å²) in [6.07, 6.45) is 0.950. The summed E-state index contributed by atoms with van der Waals surface area (Å²) < 4.78 is 0.724. The quantitative estimate of drug-likeness (QED) is 0.817. The molecular formula is C9H12BrNO. The maximum atomic E-state index is 9.49. The number of phenols is 1. The van der Waals surface area contributed by atoms with Gasteiger partial charge >= 0.3 is 0 Å². The second-order valence-electron chi connectivity index (χ2n) is 2.64. The molecule has 0 spiro atoms. The first-order valence-electron chi connectivity index (χ1n) is 3.89. The Morgan fingerprint density at radius 3 is 2.67 bits per heavy atom. The summed E-state index contributed by atoms with van der Waals surface area (Å²) in [5, 5.41) is 9.49. The molecule has 0 atom stereocenters. The van der Waals surface area contributed by atoms with E-state index in [-0.39, 0.29) is 5.75 Å². The molecule has 0 aliphatic rings. The zero-order valence-corrected chi connectivity index (χ0v) is 8.56. The molecule has 0 aromatic heterocycles. The molecule has 0 bridgehead atoms. The molecule has 1 rings (SSSR count). The monoisotopic (exact) mass is 229 g/mol. The number of aromatic hydroxyl groups is 1. The van der Waals surface area contributed by atoms with E-state index in [0.29, 0.717) is 6.54 Å². The van der Waals surface area contributed by atoms with Gasteiger partial charge in [0.05, 0.1) is 4.47 Å². The van der Waals surface area contributed by atoms with Crippen molar-refractivity contribution in [3.05, 3.63) is 27.7 Å². The largest absolute Gasteiger partial charge is 0.506 e. The van der Waals surface area contributed by atoms with Gasteiger partial charge in [0.2, 0.25) is 0 Å². The smallest absolute Gasteiger partial charge is 0.134 e. The van der Waals surface area contributed by atoms with Gasteiger partial charge in [-0.25, -0.2) is 0 Å². The summed E-state index contributed by atoms with van der Waals surface area (Å²) in [6.45, 7) is 2.44. The molecule has 12 heavy (non-hydrogen) atoms. The molecule has 66 valence electrons. The van der Waals surface area contributed by atoms with Gasteiger partial charge in [0.15, 0.2) is 0 Å². The van der Waals surface area contributed by atoms with Crippen LogP contribution in [0.25, 0.3) is 0 Å². The first kappa shape index (κ1) is 9.55. The van der Waals surface area contributed by atoms with Gasteiger partial charge in [0.25, 0.3) is 0 Å². The number of aryl methyl sites for hydroxylation is 1. The minimum atomic E-state index is 0.259. The summed E-state index contributed by atoms with van der Waals surface area (Å²) in [5.41, 5.74) is 7.44. The van der Waals surface area contributed by atoms with Gasteiger partial charge in [0.1, 0.15) is 5.75 Å². The molecule has 0 fully saturated rings. The van der Waals surface area contributed by atoms with Crippen LogP contribution in [-0.2, 0) is 13.0 Å². The van der Waals surface area contributed by atoms with Crippen LogP contribution in [0.4, 0.5) is 0 Å². The highest BCUT2D eigenvalue weighted by Crippen LogP contribution is 2.29. The number of phenolic OH excluding ortho intramolecular Hbond substituents is 1. The topological polar surface area (TPSA) is 46.2 Å². The van der Waals surface area contributed by atoms with Crippen molar-refractivity contribution in [1.82, 2.24) is 0 Å². The SMILES string of the molecule is CCc1cc(Br)c(O)c(CN)c1. The lowest BCUT2D eigenvalue weighted by Crippen LogP contribution is -1.98. The van der Waals surface area contributed by atoms with Crippen LogP contribution in [0.15, 0.2) is 16.6 Å². The Hall–Kier alpha value is -0.540. The number of hydrogen-bond acceptors (Lipinski definition) is 2. The van der Waals surface area contributed by atoms with Gasteiger partial charge in [-0.05, 0) is 34.0 Å². The van der Waals surface area contributed by atoms with Crippen molar-refractivity contribution in [2.24, 2.45) is 5.73 Å². The van der Waals surface area contributed by atoms with E-state index in [1.54, 1.807) is 0 Å². The maximum absolute atomic E-state index is 9.49. The van der Waals surface area contributed by atoms with Crippen molar-refractivity contribution >= 4 is 15.9 Å². The Morgan fingerprint density at radius 1 is 1.50 bits per heavy atom. The van der Waals surface area contributed by atoms with E-state index in [1.807, 2.05) is 12.1 Å². The summed E-state index contributed by atoms with van der Waals surface area (Å²) >= 11 is 3.27. The molecule has 0 aliphatic carbocycles. The van der Waals surface area contributed by atoms with Crippen LogP contribution in [0.3, 0.4) is 0 Å². The predicted octanol–water partition coefficient (Wildman–Crippen LogP) is 2.18. The van der Waals surface area contributed by atoms with Crippen molar-refractivity contribution in [1.29, 1.82) is 0 Å². The van der Waals surface area contributed by atoms with Gasteiger partial charge in [-0.15, -0.1) is 0 Å². The zero-order chi connectivity index (χ0) is 9.14. The predicted molar refractivity (Wildman–Crippen MR) is 53.1 cm³/mol. The Morgan fingerprint density at radius 2 is 2.17 bits per heavy atom. The van der Waals surface area contributed by atoms with Gasteiger partial charge in [-0.1, -0.05) is 13.0 Å². The number of rotatable bonds is 2. The van der Waals surface area contributed by atoms with Gasteiger partial charge in [-0.2, -0.15) is 0 Å². The summed E-state index contributed by atoms with van der Waals surface area (Å²) in [7, 11) is 0. The highest BCUT2D eigenvalue weighted by Gasteiger charge is 2.05. The van der Waals surface area contributed by atoms with E-state index < -0.39 is 0 Å². The summed E-state index contributed by atoms with van der Waals surface area (Å²) in [5.74, 6) is 0.259. The molecule has 1 aromatic rings. The minimum Gasteiger partial charge on any atom is -0.506 e. The molecule has 2 nitrogen and oxygen atoms in total. The lowest BCUT2D eigenvalue weighted by atomic mass is 10.1. The number of halogens is 1. The molecule has 0 saturated carbocycles. The molecule has 0 amide bonds. The van der Waals surface area contributed by atoms with E-state index >= 15 is 0 Å². The molecule has 3 N–H and O–H groups in total. The fourth-order valence-electron chi connectivity index (χ4n) is 1.08.